The molecule has 0 aliphatic carbocycles. The number of anilines is 3. The molecule has 6 heteroatoms. The quantitative estimate of drug-likeness (QED) is 0.643. The lowest BCUT2D eigenvalue weighted by Gasteiger charge is -2.32. The van der Waals surface area contributed by atoms with Crippen molar-refractivity contribution >= 4 is 17.5 Å². The van der Waals surface area contributed by atoms with Gasteiger partial charge < -0.3 is 15.1 Å². The minimum atomic E-state index is 0.454. The van der Waals surface area contributed by atoms with E-state index in [1.807, 2.05) is 6.20 Å². The molecule has 0 bridgehead atoms. The van der Waals surface area contributed by atoms with Crippen LogP contribution in [0.25, 0.3) is 0 Å². The first-order valence-electron chi connectivity index (χ1n) is 12.7. The van der Waals surface area contributed by atoms with Crippen LogP contribution in [0.5, 0.6) is 0 Å². The maximum absolute atomic E-state index is 4.84. The maximum Gasteiger partial charge on any atom is 0.224 e. The van der Waals surface area contributed by atoms with Crippen molar-refractivity contribution in [2.45, 2.75) is 65.0 Å². The van der Waals surface area contributed by atoms with Crippen LogP contribution in [0.15, 0.2) is 36.5 Å². The molecule has 3 heterocycles. The molecule has 2 aliphatic heterocycles. The van der Waals surface area contributed by atoms with Crippen molar-refractivity contribution < 1.29 is 0 Å². The van der Waals surface area contributed by atoms with E-state index in [2.05, 4.69) is 69.2 Å². The summed E-state index contributed by atoms with van der Waals surface area (Å²) in [5, 5.41) is 3.61. The van der Waals surface area contributed by atoms with Gasteiger partial charge in [-0.2, -0.15) is 4.98 Å². The normalized spacial score (nSPS) is 18.4. The molecule has 1 N–H and O–H groups in total. The summed E-state index contributed by atoms with van der Waals surface area (Å²) in [6, 6.07) is 11.6. The third-order valence-corrected chi connectivity index (χ3v) is 6.96. The van der Waals surface area contributed by atoms with Gasteiger partial charge in [0, 0.05) is 63.7 Å². The second kappa shape index (κ2) is 11.5. The highest BCUT2D eigenvalue weighted by Gasteiger charge is 2.20. The average Bonchev–Trinajstić information content (AvgIpc) is 3.12. The predicted molar refractivity (Wildman–Crippen MR) is 135 cm³/mol. The van der Waals surface area contributed by atoms with Gasteiger partial charge in [-0.25, -0.2) is 4.98 Å². The zero-order valence-electron chi connectivity index (χ0n) is 20.0. The highest BCUT2D eigenvalue weighted by molar-refractivity contribution is 5.47. The third kappa shape index (κ3) is 6.12. The Kier molecular flexibility index (Phi) is 8.21. The lowest BCUT2D eigenvalue weighted by atomic mass is 10.0. The third-order valence-electron chi connectivity index (χ3n) is 6.96. The van der Waals surface area contributed by atoms with E-state index in [0.29, 0.717) is 6.04 Å². The fourth-order valence-electron chi connectivity index (χ4n) is 4.97. The van der Waals surface area contributed by atoms with Gasteiger partial charge in [0.05, 0.1) is 0 Å². The molecule has 2 aromatic rings. The smallest absolute Gasteiger partial charge is 0.224 e. The van der Waals surface area contributed by atoms with E-state index in [1.54, 1.807) is 0 Å². The van der Waals surface area contributed by atoms with Crippen LogP contribution >= 0.6 is 0 Å². The van der Waals surface area contributed by atoms with Crippen LogP contribution in [-0.2, 0) is 6.54 Å². The number of hydrogen-bond acceptors (Lipinski definition) is 6. The van der Waals surface area contributed by atoms with E-state index in [-0.39, 0.29) is 0 Å². The van der Waals surface area contributed by atoms with Gasteiger partial charge in [0.1, 0.15) is 5.82 Å². The fraction of sp³-hybridized carbons (Fsp3) is 0.615. The molecular formula is C26H40N6. The molecule has 0 saturated carbocycles. The van der Waals surface area contributed by atoms with Crippen LogP contribution in [0.4, 0.5) is 17.5 Å². The zero-order chi connectivity index (χ0) is 22.2. The molecule has 0 atom stereocenters. The summed E-state index contributed by atoms with van der Waals surface area (Å²) in [5.41, 5.74) is 2.73. The van der Waals surface area contributed by atoms with Crippen molar-refractivity contribution in [3.05, 3.63) is 42.1 Å². The lowest BCUT2D eigenvalue weighted by Crippen LogP contribution is -2.39. The number of nitrogens with one attached hydrogen (secondary N) is 1. The first-order chi connectivity index (χ1) is 15.7. The SMILES string of the molecule is CCN(CC)c1ccc(CN2CCC(Nc3nccc(N4CCCCCC4)n3)CC2)cc1. The summed E-state index contributed by atoms with van der Waals surface area (Å²) in [5.74, 6) is 1.87. The molecule has 4 rings (SSSR count). The Hall–Kier alpha value is -2.34. The average molecular weight is 437 g/mol. The zero-order valence-corrected chi connectivity index (χ0v) is 20.0. The number of benzene rings is 1. The van der Waals surface area contributed by atoms with Crippen LogP contribution in [0.2, 0.25) is 0 Å². The molecule has 1 aromatic carbocycles. The molecule has 2 fully saturated rings. The summed E-state index contributed by atoms with van der Waals surface area (Å²) >= 11 is 0. The minimum absolute atomic E-state index is 0.454. The Balaban J connectivity index is 1.26. The van der Waals surface area contributed by atoms with Crippen LogP contribution in [0.3, 0.4) is 0 Å². The Morgan fingerprint density at radius 1 is 0.906 bits per heavy atom. The van der Waals surface area contributed by atoms with Crippen molar-refractivity contribution in [3.8, 4) is 0 Å². The Morgan fingerprint density at radius 2 is 1.59 bits per heavy atom. The van der Waals surface area contributed by atoms with E-state index in [1.165, 1.54) is 36.9 Å². The highest BCUT2D eigenvalue weighted by Crippen LogP contribution is 2.21. The monoisotopic (exact) mass is 436 g/mol. The number of aromatic nitrogens is 2. The summed E-state index contributed by atoms with van der Waals surface area (Å²) in [6.45, 7) is 12.0. The number of hydrogen-bond donors (Lipinski definition) is 1. The Labute approximate surface area is 194 Å². The van der Waals surface area contributed by atoms with Crippen molar-refractivity contribution in [2.75, 3.05) is 54.4 Å². The topological polar surface area (TPSA) is 47.5 Å². The lowest BCUT2D eigenvalue weighted by molar-refractivity contribution is 0.211. The minimum Gasteiger partial charge on any atom is -0.372 e. The Morgan fingerprint density at radius 3 is 2.25 bits per heavy atom. The first kappa shape index (κ1) is 22.8. The number of rotatable bonds is 8. The molecule has 174 valence electrons. The fourth-order valence-corrected chi connectivity index (χ4v) is 4.97. The maximum atomic E-state index is 4.84. The molecule has 0 spiro atoms. The number of likely N-dealkylation sites (tertiary alicyclic amines) is 1. The molecule has 2 saturated heterocycles. The van der Waals surface area contributed by atoms with Crippen LogP contribution < -0.4 is 15.1 Å². The predicted octanol–water partition coefficient (Wildman–Crippen LogP) is 4.78. The van der Waals surface area contributed by atoms with Gasteiger partial charge in [-0.15, -0.1) is 0 Å². The van der Waals surface area contributed by atoms with E-state index in [9.17, 15) is 0 Å². The molecule has 0 radical (unpaired) electrons. The van der Waals surface area contributed by atoms with Gasteiger partial charge in [-0.3, -0.25) is 4.90 Å². The van der Waals surface area contributed by atoms with Crippen molar-refractivity contribution in [3.63, 3.8) is 0 Å². The largest absolute Gasteiger partial charge is 0.372 e. The molecule has 0 amide bonds. The molecule has 32 heavy (non-hydrogen) atoms. The second-order valence-corrected chi connectivity index (χ2v) is 9.17. The van der Waals surface area contributed by atoms with Gasteiger partial charge in [-0.1, -0.05) is 25.0 Å². The Bertz CT molecular complexity index is 803. The standard InChI is InChI=1S/C26H40N6/c1-3-31(4-2)24-11-9-22(10-12-24)21-30-19-14-23(15-20-30)28-26-27-16-13-25(29-26)32-17-7-5-6-8-18-32/h9-13,16,23H,3-8,14-15,17-21H2,1-2H3,(H,27,28,29). The summed E-state index contributed by atoms with van der Waals surface area (Å²) < 4.78 is 0. The molecule has 2 aliphatic rings. The second-order valence-electron chi connectivity index (χ2n) is 9.17. The molecule has 6 nitrogen and oxygen atoms in total. The number of piperidine rings is 1. The van der Waals surface area contributed by atoms with Crippen LogP contribution in [-0.4, -0.2) is 60.2 Å². The van der Waals surface area contributed by atoms with Gasteiger partial charge in [0.25, 0.3) is 0 Å². The van der Waals surface area contributed by atoms with Gasteiger partial charge in [0.15, 0.2) is 0 Å². The molecular weight excluding hydrogens is 396 g/mol. The molecule has 1 aromatic heterocycles. The summed E-state index contributed by atoms with van der Waals surface area (Å²) in [7, 11) is 0. The van der Waals surface area contributed by atoms with E-state index < -0.39 is 0 Å². The molecule has 0 unspecified atom stereocenters. The number of nitrogens with zero attached hydrogens (tertiary/aromatic N) is 5. The van der Waals surface area contributed by atoms with Crippen molar-refractivity contribution in [1.82, 2.24) is 14.9 Å². The van der Waals surface area contributed by atoms with E-state index >= 15 is 0 Å². The highest BCUT2D eigenvalue weighted by atomic mass is 15.2. The van der Waals surface area contributed by atoms with Crippen molar-refractivity contribution in [1.29, 1.82) is 0 Å². The van der Waals surface area contributed by atoms with Gasteiger partial charge in [-0.05, 0) is 63.3 Å². The van der Waals surface area contributed by atoms with Gasteiger partial charge in [0.2, 0.25) is 5.95 Å². The summed E-state index contributed by atoms with van der Waals surface area (Å²) in [4.78, 5) is 16.7. The van der Waals surface area contributed by atoms with Gasteiger partial charge >= 0.3 is 0 Å². The van der Waals surface area contributed by atoms with E-state index in [4.69, 9.17) is 4.98 Å². The van der Waals surface area contributed by atoms with Crippen molar-refractivity contribution in [2.24, 2.45) is 0 Å². The van der Waals surface area contributed by atoms with Crippen LogP contribution in [0.1, 0.15) is 57.9 Å². The van der Waals surface area contributed by atoms with E-state index in [0.717, 1.165) is 70.4 Å². The summed E-state index contributed by atoms with van der Waals surface area (Å²) in [6.07, 6.45) is 9.39. The first-order valence-corrected chi connectivity index (χ1v) is 12.7. The van der Waals surface area contributed by atoms with Crippen LogP contribution in [0, 0.1) is 0 Å².